The molecule has 0 aromatic rings. The van der Waals surface area contributed by atoms with Crippen LogP contribution in [0.1, 0.15) is 64.7 Å². The number of carboxylic acid groups (broad SMARTS) is 1. The standard InChI is InChI=1S/C14H26O3/c1-2-3-4-5-6-7-8-9-10-13(15)11-12-14(16)17/h11-13,15H,2-10H2,1H3,(H,16,17). The van der Waals surface area contributed by atoms with Gasteiger partial charge in [-0.3, -0.25) is 0 Å². The van der Waals surface area contributed by atoms with E-state index in [2.05, 4.69) is 6.92 Å². The van der Waals surface area contributed by atoms with Gasteiger partial charge in [0.2, 0.25) is 0 Å². The first kappa shape index (κ1) is 16.2. The first-order valence-corrected chi connectivity index (χ1v) is 6.76. The normalized spacial score (nSPS) is 13.1. The molecule has 0 heterocycles. The smallest absolute Gasteiger partial charge is 0.328 e. The van der Waals surface area contributed by atoms with E-state index in [1.54, 1.807) is 0 Å². The highest BCUT2D eigenvalue weighted by molar-refractivity contribution is 5.79. The van der Waals surface area contributed by atoms with Gasteiger partial charge in [0.25, 0.3) is 0 Å². The second-order valence-electron chi connectivity index (χ2n) is 4.53. The highest BCUT2D eigenvalue weighted by Crippen LogP contribution is 2.10. The van der Waals surface area contributed by atoms with Gasteiger partial charge in [-0.25, -0.2) is 4.79 Å². The molecule has 0 aliphatic heterocycles. The van der Waals surface area contributed by atoms with E-state index in [9.17, 15) is 9.90 Å². The predicted molar refractivity (Wildman–Crippen MR) is 70.0 cm³/mol. The Labute approximate surface area is 105 Å². The van der Waals surface area contributed by atoms with Crippen LogP contribution in [0.15, 0.2) is 12.2 Å². The van der Waals surface area contributed by atoms with Crippen LogP contribution in [0.2, 0.25) is 0 Å². The molecule has 3 nitrogen and oxygen atoms in total. The lowest BCUT2D eigenvalue weighted by molar-refractivity contribution is -0.131. The van der Waals surface area contributed by atoms with E-state index in [0.29, 0.717) is 6.42 Å². The lowest BCUT2D eigenvalue weighted by Crippen LogP contribution is -2.03. The third-order valence-corrected chi connectivity index (χ3v) is 2.81. The number of hydrogen-bond acceptors (Lipinski definition) is 2. The highest BCUT2D eigenvalue weighted by Gasteiger charge is 1.99. The number of rotatable bonds is 11. The second kappa shape index (κ2) is 11.6. The number of aliphatic hydroxyl groups is 1. The zero-order valence-corrected chi connectivity index (χ0v) is 10.9. The highest BCUT2D eigenvalue weighted by atomic mass is 16.4. The fourth-order valence-electron chi connectivity index (χ4n) is 1.78. The van der Waals surface area contributed by atoms with Gasteiger partial charge in [-0.05, 0) is 12.5 Å². The molecule has 0 spiro atoms. The molecule has 100 valence electrons. The summed E-state index contributed by atoms with van der Waals surface area (Å²) in [5.41, 5.74) is 0. The molecule has 0 amide bonds. The van der Waals surface area contributed by atoms with Gasteiger partial charge >= 0.3 is 5.97 Å². The molecule has 0 aliphatic rings. The molecule has 17 heavy (non-hydrogen) atoms. The maximum absolute atomic E-state index is 10.2. The molecule has 0 aliphatic carbocycles. The summed E-state index contributed by atoms with van der Waals surface area (Å²) in [4.78, 5) is 10.2. The molecule has 0 bridgehead atoms. The summed E-state index contributed by atoms with van der Waals surface area (Å²) < 4.78 is 0. The van der Waals surface area contributed by atoms with E-state index in [1.165, 1.54) is 44.6 Å². The lowest BCUT2D eigenvalue weighted by atomic mass is 10.1. The zero-order valence-electron chi connectivity index (χ0n) is 10.9. The van der Waals surface area contributed by atoms with Crippen LogP contribution in [0.3, 0.4) is 0 Å². The Balaban J connectivity index is 3.24. The van der Waals surface area contributed by atoms with Gasteiger partial charge < -0.3 is 10.2 Å². The molecule has 3 heteroatoms. The molecule has 1 unspecified atom stereocenters. The van der Waals surface area contributed by atoms with E-state index >= 15 is 0 Å². The van der Waals surface area contributed by atoms with Crippen molar-refractivity contribution in [3.63, 3.8) is 0 Å². The van der Waals surface area contributed by atoms with Gasteiger partial charge in [0.05, 0.1) is 6.10 Å². The SMILES string of the molecule is CCCCCCCCCCC(O)C=CC(=O)O. The van der Waals surface area contributed by atoms with Crippen LogP contribution < -0.4 is 0 Å². The Kier molecular flexibility index (Phi) is 11.1. The summed E-state index contributed by atoms with van der Waals surface area (Å²) in [5, 5.41) is 17.8. The van der Waals surface area contributed by atoms with E-state index in [4.69, 9.17) is 5.11 Å². The number of carbonyl (C=O) groups is 1. The van der Waals surface area contributed by atoms with Crippen molar-refractivity contribution in [2.45, 2.75) is 70.8 Å². The van der Waals surface area contributed by atoms with E-state index in [0.717, 1.165) is 18.9 Å². The Morgan fingerprint density at radius 1 is 1.06 bits per heavy atom. The fourth-order valence-corrected chi connectivity index (χ4v) is 1.78. The Bertz CT molecular complexity index is 212. The summed E-state index contributed by atoms with van der Waals surface area (Å²) in [7, 11) is 0. The molecule has 0 saturated carbocycles. The molecule has 0 aromatic carbocycles. The minimum Gasteiger partial charge on any atom is -0.478 e. The summed E-state index contributed by atoms with van der Waals surface area (Å²) in [6.07, 6.45) is 12.3. The quantitative estimate of drug-likeness (QED) is 0.430. The third kappa shape index (κ3) is 13.1. The maximum Gasteiger partial charge on any atom is 0.328 e. The van der Waals surface area contributed by atoms with Crippen molar-refractivity contribution in [3.05, 3.63) is 12.2 Å². The third-order valence-electron chi connectivity index (χ3n) is 2.81. The van der Waals surface area contributed by atoms with Crippen molar-refractivity contribution in [3.8, 4) is 0 Å². The van der Waals surface area contributed by atoms with Gasteiger partial charge in [-0.15, -0.1) is 0 Å². The summed E-state index contributed by atoms with van der Waals surface area (Å²) >= 11 is 0. The number of aliphatic carboxylic acids is 1. The summed E-state index contributed by atoms with van der Waals surface area (Å²) in [6.45, 7) is 2.21. The van der Waals surface area contributed by atoms with Gasteiger partial charge in [-0.1, -0.05) is 58.3 Å². The summed E-state index contributed by atoms with van der Waals surface area (Å²) in [5.74, 6) is -1.00. The lowest BCUT2D eigenvalue weighted by Gasteiger charge is -2.05. The monoisotopic (exact) mass is 242 g/mol. The molecule has 0 aromatic heterocycles. The topological polar surface area (TPSA) is 57.5 Å². The van der Waals surface area contributed by atoms with Gasteiger partial charge in [0.1, 0.15) is 0 Å². The predicted octanol–water partition coefficient (Wildman–Crippen LogP) is 3.52. The number of hydrogen-bond donors (Lipinski definition) is 2. The van der Waals surface area contributed by atoms with E-state index in [-0.39, 0.29) is 0 Å². The van der Waals surface area contributed by atoms with E-state index in [1.807, 2.05) is 0 Å². The number of carboxylic acids is 1. The van der Waals surface area contributed by atoms with Gasteiger partial charge in [0.15, 0.2) is 0 Å². The average Bonchev–Trinajstić information content (AvgIpc) is 2.30. The van der Waals surface area contributed by atoms with Crippen molar-refractivity contribution in [2.75, 3.05) is 0 Å². The fraction of sp³-hybridized carbons (Fsp3) is 0.786. The van der Waals surface area contributed by atoms with E-state index < -0.39 is 12.1 Å². The van der Waals surface area contributed by atoms with Crippen molar-refractivity contribution in [1.82, 2.24) is 0 Å². The van der Waals surface area contributed by atoms with Gasteiger partial charge in [-0.2, -0.15) is 0 Å². The van der Waals surface area contributed by atoms with Crippen LogP contribution in [0.5, 0.6) is 0 Å². The van der Waals surface area contributed by atoms with Crippen LogP contribution in [0.25, 0.3) is 0 Å². The van der Waals surface area contributed by atoms with Gasteiger partial charge in [0, 0.05) is 6.08 Å². The van der Waals surface area contributed by atoms with Crippen LogP contribution in [-0.4, -0.2) is 22.3 Å². The minimum atomic E-state index is -1.00. The molecule has 0 radical (unpaired) electrons. The first-order chi connectivity index (χ1) is 8.16. The van der Waals surface area contributed by atoms with Crippen molar-refractivity contribution in [1.29, 1.82) is 0 Å². The maximum atomic E-state index is 10.2. The second-order valence-corrected chi connectivity index (χ2v) is 4.53. The summed E-state index contributed by atoms with van der Waals surface area (Å²) in [6, 6.07) is 0. The largest absolute Gasteiger partial charge is 0.478 e. The number of unbranched alkanes of at least 4 members (excludes halogenated alkanes) is 7. The molecule has 0 rings (SSSR count). The van der Waals surface area contributed by atoms with Crippen molar-refractivity contribution in [2.24, 2.45) is 0 Å². The van der Waals surface area contributed by atoms with Crippen LogP contribution >= 0.6 is 0 Å². The number of aliphatic hydroxyl groups excluding tert-OH is 1. The zero-order chi connectivity index (χ0) is 12.9. The molecule has 2 N–H and O–H groups in total. The Morgan fingerprint density at radius 2 is 1.59 bits per heavy atom. The van der Waals surface area contributed by atoms with Crippen molar-refractivity contribution < 1.29 is 15.0 Å². The minimum absolute atomic E-state index is 0.605. The molecule has 1 atom stereocenters. The Hall–Kier alpha value is -0.830. The van der Waals surface area contributed by atoms with Crippen molar-refractivity contribution >= 4 is 5.97 Å². The molecular formula is C14H26O3. The van der Waals surface area contributed by atoms with Crippen LogP contribution in [0, 0.1) is 0 Å². The molecule has 0 saturated heterocycles. The molecular weight excluding hydrogens is 216 g/mol. The van der Waals surface area contributed by atoms with Crippen LogP contribution in [-0.2, 0) is 4.79 Å². The van der Waals surface area contributed by atoms with Crippen LogP contribution in [0.4, 0.5) is 0 Å². The average molecular weight is 242 g/mol. The first-order valence-electron chi connectivity index (χ1n) is 6.76. The Morgan fingerprint density at radius 3 is 2.12 bits per heavy atom. The molecule has 0 fully saturated rings.